The van der Waals surface area contributed by atoms with Gasteiger partial charge in [0, 0.05) is 11.4 Å². The molecule has 0 aliphatic carbocycles. The van der Waals surface area contributed by atoms with Crippen LogP contribution in [0.15, 0.2) is 128 Å². The number of hydrazone groups is 1. The molecule has 58 heavy (non-hydrogen) atoms. The minimum absolute atomic E-state index is 0.00768. The van der Waals surface area contributed by atoms with Gasteiger partial charge in [-0.15, -0.1) is 0 Å². The van der Waals surface area contributed by atoms with E-state index in [0.29, 0.717) is 20.1 Å². The molecule has 0 heterocycles. The number of amides is 2. The van der Waals surface area contributed by atoms with Crippen LogP contribution in [-0.4, -0.2) is 54.2 Å². The number of hydrazine groups is 1. The predicted octanol–water partition coefficient (Wildman–Crippen LogP) is 5.93. The summed E-state index contributed by atoms with van der Waals surface area (Å²) < 4.78 is 73.4. The molecule has 0 saturated carbocycles. The second-order valence-corrected chi connectivity index (χ2v) is 17.0. The van der Waals surface area contributed by atoms with E-state index in [1.165, 1.54) is 42.8 Å². The topological polar surface area (TPSA) is 241 Å². The highest BCUT2D eigenvalue weighted by Crippen LogP contribution is 2.33. The van der Waals surface area contributed by atoms with E-state index in [1.54, 1.807) is 18.2 Å². The summed E-state index contributed by atoms with van der Waals surface area (Å²) in [6.45, 7) is 3.48. The van der Waals surface area contributed by atoms with Gasteiger partial charge in [-0.2, -0.15) is 5.10 Å². The number of anilines is 2. The van der Waals surface area contributed by atoms with E-state index >= 15 is 0 Å². The van der Waals surface area contributed by atoms with E-state index in [4.69, 9.17) is 12.2 Å². The van der Waals surface area contributed by atoms with Crippen molar-refractivity contribution >= 4 is 122 Å². The van der Waals surface area contributed by atoms with Crippen LogP contribution in [0.1, 0.15) is 22.3 Å². The Morgan fingerprint density at radius 2 is 1.38 bits per heavy atom. The van der Waals surface area contributed by atoms with E-state index in [0.717, 1.165) is 29.0 Å². The molecule has 0 radical (unpaired) electrons. The van der Waals surface area contributed by atoms with Gasteiger partial charge in [-0.25, -0.2) is 22.3 Å². The van der Waals surface area contributed by atoms with Gasteiger partial charge >= 0.3 is 0 Å². The number of phenols is 1. The lowest BCUT2D eigenvalue weighted by Crippen LogP contribution is -2.49. The lowest BCUT2D eigenvalue weighted by molar-refractivity contribution is -0.135. The molecule has 0 bridgehead atoms. The first-order valence-corrected chi connectivity index (χ1v) is 21.3. The van der Waals surface area contributed by atoms with E-state index in [-0.39, 0.29) is 39.8 Å². The number of fused-ring (bicyclic) bond motifs is 1. The standard InChI is InChI=1S/C38H32Br2N6O9S3/c1-2-41-28-13-11-25(33(19-28)57(50,51)52)9-10-26-12-14-29(20-34(26)58(53,54)55)43-38(56)46-45-37(49)30(16-22-7-8-24-5-3-4-6-27(24)15-22)36(48)44-42-21-23-17-31(39)35(47)32(40)18-23/h2-15,17-21,30,41,47H,1,16H2,(H,44,48)(H,45,49)(H2,43,46,56)(H,50,51,52)(H,53,54,55)/p-2/b10-9+,42-21+. The van der Waals surface area contributed by atoms with Crippen LogP contribution in [0.4, 0.5) is 11.4 Å². The average molecular weight is 971 g/mol. The molecule has 2 amide bonds. The highest BCUT2D eigenvalue weighted by Gasteiger charge is 2.27. The Balaban J connectivity index is 1.31. The summed E-state index contributed by atoms with van der Waals surface area (Å²) >= 11 is 11.7. The Kier molecular flexibility index (Phi) is 14.2. The molecule has 0 aromatic heterocycles. The zero-order chi connectivity index (χ0) is 42.2. The maximum absolute atomic E-state index is 13.5. The minimum atomic E-state index is -5.12. The largest absolute Gasteiger partial charge is 0.744 e. The summed E-state index contributed by atoms with van der Waals surface area (Å²) in [5.41, 5.74) is 8.46. The molecule has 0 aliphatic heterocycles. The molecule has 1 atom stereocenters. The zero-order valence-electron chi connectivity index (χ0n) is 29.6. The third-order valence-corrected chi connectivity index (χ3v) is 11.3. The van der Waals surface area contributed by atoms with Gasteiger partial charge in [-0.3, -0.25) is 20.4 Å². The van der Waals surface area contributed by atoms with Crippen LogP contribution >= 0.6 is 44.1 Å². The highest BCUT2D eigenvalue weighted by molar-refractivity contribution is 9.11. The number of thiocarbonyl (C=S) groups is 1. The average Bonchev–Trinajstić information content (AvgIpc) is 3.17. The van der Waals surface area contributed by atoms with Crippen LogP contribution in [0.5, 0.6) is 5.75 Å². The second-order valence-electron chi connectivity index (χ2n) is 12.2. The van der Waals surface area contributed by atoms with E-state index in [2.05, 4.69) is 70.5 Å². The van der Waals surface area contributed by atoms with Gasteiger partial charge < -0.3 is 24.8 Å². The van der Waals surface area contributed by atoms with Crippen molar-refractivity contribution in [2.45, 2.75) is 16.2 Å². The monoisotopic (exact) mass is 968 g/mol. The van der Waals surface area contributed by atoms with Crippen LogP contribution in [0.3, 0.4) is 0 Å². The van der Waals surface area contributed by atoms with E-state index in [1.807, 2.05) is 36.4 Å². The maximum atomic E-state index is 13.5. The number of halogens is 2. The summed E-state index contributed by atoms with van der Waals surface area (Å²) in [5.74, 6) is -2.94. The third kappa shape index (κ3) is 11.6. The van der Waals surface area contributed by atoms with Crippen LogP contribution in [0, 0.1) is 5.92 Å². The van der Waals surface area contributed by atoms with E-state index < -0.39 is 47.8 Å². The molecule has 300 valence electrons. The normalized spacial score (nSPS) is 12.3. The van der Waals surface area contributed by atoms with Crippen molar-refractivity contribution in [3.63, 3.8) is 0 Å². The molecule has 20 heteroatoms. The minimum Gasteiger partial charge on any atom is -0.744 e. The fourth-order valence-electron chi connectivity index (χ4n) is 5.42. The lowest BCUT2D eigenvalue weighted by Gasteiger charge is -2.18. The summed E-state index contributed by atoms with van der Waals surface area (Å²) in [6.07, 6.45) is 4.88. The van der Waals surface area contributed by atoms with E-state index in [9.17, 15) is 40.6 Å². The van der Waals surface area contributed by atoms with Gasteiger partial charge in [0.2, 0.25) is 0 Å². The number of nitrogens with zero attached hydrogens (tertiary/aromatic N) is 1. The number of carbonyl (C=O) groups is 2. The Morgan fingerprint density at radius 3 is 1.98 bits per heavy atom. The molecule has 0 saturated heterocycles. The van der Waals surface area contributed by atoms with Crippen molar-refractivity contribution in [2.75, 3.05) is 10.6 Å². The van der Waals surface area contributed by atoms with Crippen molar-refractivity contribution < 1.29 is 40.6 Å². The van der Waals surface area contributed by atoms with Crippen molar-refractivity contribution in [1.29, 1.82) is 0 Å². The van der Waals surface area contributed by atoms with Gasteiger partial charge in [-0.05, 0) is 126 Å². The van der Waals surface area contributed by atoms with Gasteiger partial charge in [0.15, 0.2) is 5.11 Å². The number of rotatable bonds is 13. The van der Waals surface area contributed by atoms with Crippen LogP contribution < -0.4 is 26.9 Å². The molecule has 5 aromatic rings. The van der Waals surface area contributed by atoms with Crippen molar-refractivity contribution in [3.8, 4) is 5.75 Å². The number of carbonyl (C=O) groups excluding carboxylic acids is 2. The molecule has 5 rings (SSSR count). The Bertz CT molecular complexity index is 2710. The highest BCUT2D eigenvalue weighted by atomic mass is 79.9. The molecule has 5 aromatic carbocycles. The number of hydrogen-bond donors (Lipinski definition) is 6. The number of nitrogens with one attached hydrogen (secondary N) is 5. The third-order valence-electron chi connectivity index (χ3n) is 8.15. The van der Waals surface area contributed by atoms with Gasteiger partial charge in [0.25, 0.3) is 11.8 Å². The van der Waals surface area contributed by atoms with Crippen LogP contribution in [0.25, 0.3) is 22.9 Å². The van der Waals surface area contributed by atoms with Crippen molar-refractivity contribution in [2.24, 2.45) is 11.0 Å². The summed E-state index contributed by atoms with van der Waals surface area (Å²) in [5, 5.41) is 20.9. The maximum Gasteiger partial charge on any atom is 0.253 e. The summed E-state index contributed by atoms with van der Waals surface area (Å²) in [4.78, 5) is 25.6. The van der Waals surface area contributed by atoms with Crippen molar-refractivity contribution in [1.82, 2.24) is 16.3 Å². The molecular formula is C38H30Br2N6O9S3-2. The summed E-state index contributed by atoms with van der Waals surface area (Å²) in [6, 6.07) is 23.6. The molecule has 6 N–H and O–H groups in total. The molecule has 0 spiro atoms. The van der Waals surface area contributed by atoms with Crippen LogP contribution in [-0.2, 0) is 36.2 Å². The first kappa shape index (κ1) is 43.6. The second kappa shape index (κ2) is 18.9. The smallest absolute Gasteiger partial charge is 0.253 e. The first-order valence-electron chi connectivity index (χ1n) is 16.5. The zero-order valence-corrected chi connectivity index (χ0v) is 35.2. The Hall–Kier alpha value is -5.48. The quantitative estimate of drug-likeness (QED) is 0.0201. The Morgan fingerprint density at radius 1 is 0.793 bits per heavy atom. The fraction of sp³-hybridized carbons (Fsp3) is 0.0526. The number of hydrogen-bond acceptors (Lipinski definition) is 12. The molecule has 15 nitrogen and oxygen atoms in total. The molecule has 1 unspecified atom stereocenters. The molecule has 0 aliphatic rings. The van der Waals surface area contributed by atoms with Crippen molar-refractivity contribution in [3.05, 3.63) is 135 Å². The SMILES string of the molecule is C=CNc1ccc(/C=C/c2ccc(NC(=S)NNC(=O)C(Cc3ccc4ccccc4c3)C(=O)N/N=C/c3cc(Br)c(O)c(Br)c3)cc2S(=O)(=O)[O-])c(S(=O)(=O)[O-])c1. The summed E-state index contributed by atoms with van der Waals surface area (Å²) in [7, 11) is -10.1. The fourth-order valence-corrected chi connectivity index (χ4v) is 8.21. The predicted molar refractivity (Wildman–Crippen MR) is 229 cm³/mol. The molecule has 0 fully saturated rings. The van der Waals surface area contributed by atoms with Gasteiger partial charge in [0.1, 0.15) is 31.9 Å². The first-order chi connectivity index (χ1) is 27.4. The van der Waals surface area contributed by atoms with Crippen LogP contribution in [0.2, 0.25) is 0 Å². The number of phenolic OH excluding ortho intramolecular Hbond substituents is 1. The molecular weight excluding hydrogens is 940 g/mol. The van der Waals surface area contributed by atoms with Gasteiger partial charge in [0.05, 0.1) is 25.0 Å². The number of aromatic hydroxyl groups is 1. The number of benzene rings is 5. The Labute approximate surface area is 355 Å². The lowest BCUT2D eigenvalue weighted by atomic mass is 9.96. The van der Waals surface area contributed by atoms with Gasteiger partial charge in [-0.1, -0.05) is 73.3 Å².